The van der Waals surface area contributed by atoms with Crippen molar-refractivity contribution in [1.82, 2.24) is 4.90 Å². The van der Waals surface area contributed by atoms with Gasteiger partial charge >= 0.3 is 6.18 Å². The zero-order valence-corrected chi connectivity index (χ0v) is 16.5. The first-order chi connectivity index (χ1) is 12.8. The van der Waals surface area contributed by atoms with Crippen LogP contribution < -0.4 is 5.32 Å². The number of likely N-dealkylation sites (tertiary alicyclic amines) is 1. The normalized spacial score (nSPS) is 17.9. The van der Waals surface area contributed by atoms with Gasteiger partial charge < -0.3 is 5.32 Å². The van der Waals surface area contributed by atoms with E-state index in [2.05, 4.69) is 21.2 Å². The molecule has 0 bridgehead atoms. The van der Waals surface area contributed by atoms with Gasteiger partial charge in [-0.25, -0.2) is 0 Å². The van der Waals surface area contributed by atoms with E-state index in [-0.39, 0.29) is 17.6 Å². The first kappa shape index (κ1) is 20.2. The van der Waals surface area contributed by atoms with Gasteiger partial charge in [0, 0.05) is 10.5 Å². The lowest BCUT2D eigenvalue weighted by atomic mass is 10.0. The number of hydrogen-bond acceptors (Lipinski definition) is 2. The largest absolute Gasteiger partial charge is 0.418 e. The van der Waals surface area contributed by atoms with E-state index in [1.807, 2.05) is 29.2 Å². The molecular formula is C19H17BrClF3N2O. The molecule has 0 aromatic heterocycles. The molecule has 1 heterocycles. The van der Waals surface area contributed by atoms with Crippen LogP contribution in [-0.4, -0.2) is 23.9 Å². The second kappa shape index (κ2) is 8.20. The highest BCUT2D eigenvalue weighted by Crippen LogP contribution is 2.39. The number of rotatable bonds is 4. The summed E-state index contributed by atoms with van der Waals surface area (Å²) in [5.74, 6) is -0.518. The van der Waals surface area contributed by atoms with E-state index in [0.717, 1.165) is 28.9 Å². The average molecular weight is 462 g/mol. The number of alkyl halides is 3. The fraction of sp³-hybridized carbons (Fsp3) is 0.316. The van der Waals surface area contributed by atoms with Crippen LogP contribution in [0.15, 0.2) is 46.9 Å². The highest BCUT2D eigenvalue weighted by atomic mass is 79.9. The summed E-state index contributed by atoms with van der Waals surface area (Å²) >= 11 is 9.34. The van der Waals surface area contributed by atoms with Crippen LogP contribution in [0.3, 0.4) is 0 Å². The van der Waals surface area contributed by atoms with Crippen molar-refractivity contribution in [1.29, 1.82) is 0 Å². The molecule has 8 heteroatoms. The lowest BCUT2D eigenvalue weighted by Crippen LogP contribution is -2.33. The summed E-state index contributed by atoms with van der Waals surface area (Å²) in [6.07, 6.45) is -2.78. The monoisotopic (exact) mass is 460 g/mol. The molecule has 2 aromatic carbocycles. The first-order valence-electron chi connectivity index (χ1n) is 8.41. The molecule has 144 valence electrons. The summed E-state index contributed by atoms with van der Waals surface area (Å²) in [7, 11) is 0. The number of para-hydroxylation sites is 1. The quantitative estimate of drug-likeness (QED) is 0.615. The molecule has 3 rings (SSSR count). The topological polar surface area (TPSA) is 32.3 Å². The highest BCUT2D eigenvalue weighted by Gasteiger charge is 2.35. The molecule has 27 heavy (non-hydrogen) atoms. The summed E-state index contributed by atoms with van der Waals surface area (Å²) in [6.45, 7) is 0.707. The van der Waals surface area contributed by atoms with Gasteiger partial charge in [0.05, 0.1) is 22.8 Å². The van der Waals surface area contributed by atoms with Crippen molar-refractivity contribution in [3.8, 4) is 0 Å². The molecule has 1 unspecified atom stereocenters. The SMILES string of the molecule is O=C(CN1CCCC1c1cccc(Br)c1)Nc1c(Cl)cccc1C(F)(F)F. The highest BCUT2D eigenvalue weighted by molar-refractivity contribution is 9.10. The van der Waals surface area contributed by atoms with Crippen molar-refractivity contribution in [2.75, 3.05) is 18.4 Å². The summed E-state index contributed by atoms with van der Waals surface area (Å²) in [6, 6.07) is 11.3. The average Bonchev–Trinajstić information content (AvgIpc) is 3.03. The summed E-state index contributed by atoms with van der Waals surface area (Å²) in [5.41, 5.74) is -0.272. The predicted molar refractivity (Wildman–Crippen MR) is 103 cm³/mol. The minimum Gasteiger partial charge on any atom is -0.323 e. The molecule has 1 fully saturated rings. The molecule has 1 saturated heterocycles. The van der Waals surface area contributed by atoms with Crippen LogP contribution in [0.1, 0.15) is 30.0 Å². The number of carbonyl (C=O) groups is 1. The van der Waals surface area contributed by atoms with Crippen LogP contribution in [0.2, 0.25) is 5.02 Å². The smallest absolute Gasteiger partial charge is 0.323 e. The minimum atomic E-state index is -4.60. The maximum atomic E-state index is 13.2. The van der Waals surface area contributed by atoms with E-state index in [0.29, 0.717) is 6.54 Å². The number of nitrogens with zero attached hydrogens (tertiary/aromatic N) is 1. The number of anilines is 1. The molecule has 1 atom stereocenters. The van der Waals surface area contributed by atoms with E-state index in [4.69, 9.17) is 11.6 Å². The molecule has 1 N–H and O–H groups in total. The van der Waals surface area contributed by atoms with Gasteiger partial charge in [0.15, 0.2) is 0 Å². The summed E-state index contributed by atoms with van der Waals surface area (Å²) in [4.78, 5) is 14.4. The maximum absolute atomic E-state index is 13.2. The molecule has 1 amide bonds. The molecular weight excluding hydrogens is 445 g/mol. The second-order valence-electron chi connectivity index (χ2n) is 6.39. The van der Waals surface area contributed by atoms with Crippen molar-refractivity contribution >= 4 is 39.1 Å². The fourth-order valence-corrected chi connectivity index (χ4v) is 4.00. The number of halogens is 5. The first-order valence-corrected chi connectivity index (χ1v) is 9.58. The molecule has 0 saturated carbocycles. The lowest BCUT2D eigenvalue weighted by molar-refractivity contribution is -0.137. The second-order valence-corrected chi connectivity index (χ2v) is 7.71. The zero-order chi connectivity index (χ0) is 19.6. The zero-order valence-electron chi connectivity index (χ0n) is 14.2. The Morgan fingerprint density at radius 3 is 2.70 bits per heavy atom. The standard InChI is InChI=1S/C19H17BrClF3N2O/c20-13-5-1-4-12(10-13)16-8-3-9-26(16)11-17(27)25-18-14(19(22,23)24)6-2-7-15(18)21/h1-2,4-7,10,16H,3,8-9,11H2,(H,25,27). The van der Waals surface area contributed by atoms with Crippen molar-refractivity contribution in [3.05, 3.63) is 63.1 Å². The third kappa shape index (κ3) is 4.83. The van der Waals surface area contributed by atoms with E-state index in [1.165, 1.54) is 12.1 Å². The van der Waals surface area contributed by atoms with Gasteiger partial charge in [0.1, 0.15) is 0 Å². The number of hydrogen-bond donors (Lipinski definition) is 1. The van der Waals surface area contributed by atoms with Crippen LogP contribution in [0.5, 0.6) is 0 Å². The number of benzene rings is 2. The van der Waals surface area contributed by atoms with Crippen LogP contribution in [-0.2, 0) is 11.0 Å². The Kier molecular flexibility index (Phi) is 6.13. The summed E-state index contributed by atoms with van der Waals surface area (Å²) in [5, 5.41) is 2.22. The summed E-state index contributed by atoms with van der Waals surface area (Å²) < 4.78 is 40.5. The van der Waals surface area contributed by atoms with Crippen LogP contribution in [0.25, 0.3) is 0 Å². The van der Waals surface area contributed by atoms with Crippen LogP contribution in [0.4, 0.5) is 18.9 Å². The van der Waals surface area contributed by atoms with Crippen LogP contribution >= 0.6 is 27.5 Å². The Labute approximate surface area is 168 Å². The van der Waals surface area contributed by atoms with E-state index in [9.17, 15) is 18.0 Å². The van der Waals surface area contributed by atoms with Gasteiger partial charge in [-0.3, -0.25) is 9.69 Å². The molecule has 0 spiro atoms. The van der Waals surface area contributed by atoms with Gasteiger partial charge in [-0.15, -0.1) is 0 Å². The van der Waals surface area contributed by atoms with E-state index in [1.54, 1.807) is 0 Å². The van der Waals surface area contributed by atoms with Crippen molar-refractivity contribution in [2.24, 2.45) is 0 Å². The Balaban J connectivity index is 1.75. The Bertz CT molecular complexity index is 844. The molecule has 1 aliphatic heterocycles. The van der Waals surface area contributed by atoms with Gasteiger partial charge in [-0.2, -0.15) is 13.2 Å². The van der Waals surface area contributed by atoms with E-state index >= 15 is 0 Å². The maximum Gasteiger partial charge on any atom is 0.418 e. The van der Waals surface area contributed by atoms with Gasteiger partial charge in [0.2, 0.25) is 5.91 Å². The Morgan fingerprint density at radius 2 is 2.00 bits per heavy atom. The van der Waals surface area contributed by atoms with Gasteiger partial charge in [0.25, 0.3) is 0 Å². The third-order valence-electron chi connectivity index (χ3n) is 4.53. The van der Waals surface area contributed by atoms with Gasteiger partial charge in [-0.05, 0) is 49.2 Å². The number of amides is 1. The van der Waals surface area contributed by atoms with Crippen LogP contribution in [0, 0.1) is 0 Å². The minimum absolute atomic E-state index is 0.000297. The third-order valence-corrected chi connectivity index (χ3v) is 5.34. The predicted octanol–water partition coefficient (Wildman–Crippen LogP) is 5.90. The van der Waals surface area contributed by atoms with Gasteiger partial charge in [-0.1, -0.05) is 45.7 Å². The number of nitrogens with one attached hydrogen (secondary N) is 1. The fourth-order valence-electron chi connectivity index (χ4n) is 3.36. The molecule has 3 nitrogen and oxygen atoms in total. The molecule has 0 radical (unpaired) electrons. The molecule has 2 aromatic rings. The Morgan fingerprint density at radius 1 is 1.26 bits per heavy atom. The van der Waals surface area contributed by atoms with Crippen molar-refractivity contribution < 1.29 is 18.0 Å². The lowest BCUT2D eigenvalue weighted by Gasteiger charge is -2.25. The van der Waals surface area contributed by atoms with E-state index < -0.39 is 23.3 Å². The van der Waals surface area contributed by atoms with Crippen molar-refractivity contribution in [2.45, 2.75) is 25.1 Å². The van der Waals surface area contributed by atoms with Crippen molar-refractivity contribution in [3.63, 3.8) is 0 Å². The molecule has 1 aliphatic rings. The Hall–Kier alpha value is -1.57. The number of carbonyl (C=O) groups excluding carboxylic acids is 1. The molecule has 0 aliphatic carbocycles.